The van der Waals surface area contributed by atoms with Crippen molar-refractivity contribution in [3.63, 3.8) is 0 Å². The van der Waals surface area contributed by atoms with Crippen molar-refractivity contribution in [3.8, 4) is 0 Å². The maximum Gasteiger partial charge on any atom is 0.281 e. The van der Waals surface area contributed by atoms with Gasteiger partial charge in [-0.05, 0) is 70.4 Å². The van der Waals surface area contributed by atoms with Crippen LogP contribution in [0.15, 0.2) is 51.1 Å². The Bertz CT molecular complexity index is 1730. The molecule has 0 bridgehead atoms. The van der Waals surface area contributed by atoms with Crippen LogP contribution in [-0.2, 0) is 15.6 Å². The summed E-state index contributed by atoms with van der Waals surface area (Å²) in [7, 11) is -1.60. The number of H-pyrrole nitrogens is 1. The third kappa shape index (κ3) is 5.24. The van der Waals surface area contributed by atoms with Crippen LogP contribution in [0.2, 0.25) is 0 Å². The van der Waals surface area contributed by atoms with Crippen molar-refractivity contribution in [3.05, 3.63) is 57.9 Å². The molecule has 1 atom stereocenters. The quantitative estimate of drug-likeness (QED) is 0.352. The number of hydrogen-bond donors (Lipinski definition) is 2. The van der Waals surface area contributed by atoms with Gasteiger partial charge in [0, 0.05) is 42.8 Å². The number of benzene rings is 2. The molecule has 42 heavy (non-hydrogen) atoms. The van der Waals surface area contributed by atoms with Crippen molar-refractivity contribution in [2.75, 3.05) is 31.1 Å². The lowest BCUT2D eigenvalue weighted by Gasteiger charge is -2.44. The molecule has 4 aromatic rings. The number of aryl methyl sites for hydroxylation is 2. The van der Waals surface area contributed by atoms with Crippen molar-refractivity contribution in [2.24, 2.45) is 0 Å². The second kappa shape index (κ2) is 11.3. The van der Waals surface area contributed by atoms with Gasteiger partial charge in [-0.3, -0.25) is 14.5 Å². The number of piperazine rings is 1. The second-order valence-electron chi connectivity index (χ2n) is 12.2. The molecule has 222 valence electrons. The van der Waals surface area contributed by atoms with E-state index >= 15 is 0 Å². The Morgan fingerprint density at radius 2 is 1.76 bits per heavy atom. The molecule has 1 aliphatic heterocycles. The van der Waals surface area contributed by atoms with Gasteiger partial charge < -0.3 is 10.2 Å². The van der Waals surface area contributed by atoms with Crippen molar-refractivity contribution >= 4 is 38.9 Å². The molecule has 2 aliphatic rings. The van der Waals surface area contributed by atoms with Crippen LogP contribution in [0, 0.1) is 13.8 Å². The fraction of sp³-hybridized carbons (Fsp3) is 0.484. The predicted octanol–water partition coefficient (Wildman–Crippen LogP) is 3.70. The van der Waals surface area contributed by atoms with E-state index in [0.717, 1.165) is 55.8 Å². The first kappa shape index (κ1) is 28.5. The van der Waals surface area contributed by atoms with E-state index in [9.17, 15) is 13.8 Å². The zero-order valence-electron chi connectivity index (χ0n) is 24.8. The molecule has 3 heterocycles. The van der Waals surface area contributed by atoms with E-state index in [4.69, 9.17) is 0 Å². The van der Waals surface area contributed by atoms with E-state index in [0.29, 0.717) is 21.8 Å². The first-order valence-corrected chi connectivity index (χ1v) is 16.0. The van der Waals surface area contributed by atoms with Gasteiger partial charge in [0.1, 0.15) is 10.8 Å². The Morgan fingerprint density at radius 3 is 2.48 bits per heavy atom. The summed E-state index contributed by atoms with van der Waals surface area (Å²) < 4.78 is 15.2. The fourth-order valence-corrected chi connectivity index (χ4v) is 7.48. The molecule has 1 unspecified atom stereocenters. The Kier molecular flexibility index (Phi) is 7.65. The molecule has 1 amide bonds. The number of nitrogens with one attached hydrogen (secondary N) is 2. The Hall–Kier alpha value is -3.57. The summed E-state index contributed by atoms with van der Waals surface area (Å²) in [6.45, 7) is 10.9. The normalized spacial score (nSPS) is 18.0. The summed E-state index contributed by atoms with van der Waals surface area (Å²) in [5, 5.41) is 11.3. The van der Waals surface area contributed by atoms with Crippen LogP contribution >= 0.6 is 0 Å². The van der Waals surface area contributed by atoms with Crippen molar-refractivity contribution in [1.29, 1.82) is 0 Å². The van der Waals surface area contributed by atoms with Gasteiger partial charge in [-0.2, -0.15) is 4.98 Å². The number of aromatic amines is 1. The molecule has 2 N–H and O–H groups in total. The minimum Gasteiger partial charge on any atom is -0.369 e. The maximum atomic E-state index is 13.5. The van der Waals surface area contributed by atoms with E-state index < -0.39 is 16.3 Å². The van der Waals surface area contributed by atoms with E-state index in [-0.39, 0.29) is 22.1 Å². The Balaban J connectivity index is 1.23. The highest BCUT2D eigenvalue weighted by Gasteiger charge is 2.37. The monoisotopic (exact) mass is 589 g/mol. The van der Waals surface area contributed by atoms with Crippen LogP contribution in [0.1, 0.15) is 57.1 Å². The molecule has 2 aromatic carbocycles. The largest absolute Gasteiger partial charge is 0.369 e. The molecule has 11 heteroatoms. The van der Waals surface area contributed by atoms with Gasteiger partial charge in [0.05, 0.1) is 16.4 Å². The molecular weight excluding hydrogens is 550 g/mol. The molecule has 1 saturated carbocycles. The zero-order chi connectivity index (χ0) is 29.6. The van der Waals surface area contributed by atoms with Gasteiger partial charge in [0.25, 0.3) is 5.56 Å². The number of amides is 1. The number of fused-ring (bicyclic) bond motifs is 3. The number of nitrogens with zero attached hydrogens (tertiary/aromatic N) is 5. The molecule has 2 aromatic heterocycles. The van der Waals surface area contributed by atoms with Gasteiger partial charge in [-0.1, -0.05) is 37.0 Å². The van der Waals surface area contributed by atoms with Crippen molar-refractivity contribution < 1.29 is 9.00 Å². The zero-order valence-corrected chi connectivity index (χ0v) is 25.6. The van der Waals surface area contributed by atoms with E-state index in [1.165, 1.54) is 19.3 Å². The summed E-state index contributed by atoms with van der Waals surface area (Å²) in [6.07, 6.45) is 5.78. The standard InChI is InChI=1S/C31H39N7O3S/c1-20-10-13-26(21(2)18-20)42(41)29-27-33-28(39)24-12-11-23(19-25(24)38(27)35-34-29)36-14-16-37(17-15-36)31(3,4)30(40)32-22-8-6-5-7-9-22/h10-13,18-19,22,35H,5-9,14-17H2,1-4H3,(H,32,40). The highest BCUT2D eigenvalue weighted by atomic mass is 32.2. The second-order valence-corrected chi connectivity index (χ2v) is 13.5. The lowest BCUT2D eigenvalue weighted by Crippen LogP contribution is -2.61. The summed E-state index contributed by atoms with van der Waals surface area (Å²) in [6, 6.07) is 11.7. The third-order valence-corrected chi connectivity index (χ3v) is 10.4. The highest BCUT2D eigenvalue weighted by molar-refractivity contribution is 7.85. The van der Waals surface area contributed by atoms with E-state index in [1.807, 2.05) is 58.0 Å². The topological polar surface area (TPSA) is 116 Å². The highest BCUT2D eigenvalue weighted by Crippen LogP contribution is 2.27. The smallest absolute Gasteiger partial charge is 0.281 e. The van der Waals surface area contributed by atoms with Gasteiger partial charge in [-0.15, -0.1) is 5.10 Å². The van der Waals surface area contributed by atoms with Gasteiger partial charge >= 0.3 is 0 Å². The number of hydrogen-bond acceptors (Lipinski definition) is 7. The SMILES string of the molecule is Cc1ccc(S(=O)c2n[nH]n3c2nc(=O)c2ccc(N4CCN(C(C)(C)C(=O)NC5CCCCC5)CC4)cc23)c(C)c1. The molecule has 6 rings (SSSR count). The summed E-state index contributed by atoms with van der Waals surface area (Å²) >= 11 is 0. The fourth-order valence-electron chi connectivity index (χ4n) is 6.31. The van der Waals surface area contributed by atoms with Gasteiger partial charge in [0.2, 0.25) is 5.91 Å². The molecule has 0 radical (unpaired) electrons. The number of rotatable bonds is 6. The van der Waals surface area contributed by atoms with Crippen LogP contribution in [0.5, 0.6) is 0 Å². The van der Waals surface area contributed by atoms with Gasteiger partial charge in [-0.25, -0.2) is 13.9 Å². The lowest BCUT2D eigenvalue weighted by molar-refractivity contribution is -0.133. The predicted molar refractivity (Wildman–Crippen MR) is 165 cm³/mol. The summed E-state index contributed by atoms with van der Waals surface area (Å²) in [4.78, 5) is 35.7. The average Bonchev–Trinajstić information content (AvgIpc) is 3.41. The molecular formula is C31H39N7O3S. The molecule has 10 nitrogen and oxygen atoms in total. The molecule has 2 fully saturated rings. The van der Waals surface area contributed by atoms with Crippen LogP contribution in [0.25, 0.3) is 16.6 Å². The number of anilines is 1. The minimum absolute atomic E-state index is 0.107. The summed E-state index contributed by atoms with van der Waals surface area (Å²) in [5.41, 5.74) is 2.88. The van der Waals surface area contributed by atoms with E-state index in [2.05, 4.69) is 30.4 Å². The van der Waals surface area contributed by atoms with Crippen molar-refractivity contribution in [1.82, 2.24) is 30.0 Å². The lowest BCUT2D eigenvalue weighted by atomic mass is 9.93. The summed E-state index contributed by atoms with van der Waals surface area (Å²) in [5.74, 6) is 0.107. The number of carbonyl (C=O) groups excluding carboxylic acids is 1. The average molecular weight is 590 g/mol. The van der Waals surface area contributed by atoms with Crippen LogP contribution in [-0.4, -0.2) is 72.6 Å². The minimum atomic E-state index is -1.60. The third-order valence-electron chi connectivity index (χ3n) is 8.95. The van der Waals surface area contributed by atoms with Gasteiger partial charge in [0.15, 0.2) is 10.7 Å². The van der Waals surface area contributed by atoms with Crippen molar-refractivity contribution in [2.45, 2.75) is 81.3 Å². The Labute approximate surface area is 247 Å². The molecule has 0 spiro atoms. The molecule has 1 aliphatic carbocycles. The first-order valence-electron chi connectivity index (χ1n) is 14.8. The molecule has 1 saturated heterocycles. The first-order chi connectivity index (χ1) is 20.1. The number of carbonyl (C=O) groups is 1. The van der Waals surface area contributed by atoms with Crippen LogP contribution < -0.4 is 15.8 Å². The number of aromatic nitrogens is 4. The van der Waals surface area contributed by atoms with Crippen LogP contribution in [0.4, 0.5) is 5.69 Å². The maximum absolute atomic E-state index is 13.5. The van der Waals surface area contributed by atoms with Crippen LogP contribution in [0.3, 0.4) is 0 Å². The Morgan fingerprint density at radius 1 is 1.02 bits per heavy atom. The van der Waals surface area contributed by atoms with E-state index in [1.54, 1.807) is 10.6 Å².